The smallest absolute Gasteiger partial charge is 0.246 e. The van der Waals surface area contributed by atoms with Gasteiger partial charge in [-0.05, 0) is 26.1 Å². The third-order valence-corrected chi connectivity index (χ3v) is 5.63. The molecule has 0 spiro atoms. The Morgan fingerprint density at radius 3 is 2.65 bits per heavy atom. The van der Waals surface area contributed by atoms with Crippen molar-refractivity contribution in [2.45, 2.75) is 17.9 Å². The molecule has 1 atom stereocenters. The van der Waals surface area contributed by atoms with Crippen LogP contribution in [0.5, 0.6) is 5.75 Å². The Morgan fingerprint density at radius 1 is 1.35 bits per heavy atom. The number of likely N-dealkylation sites (N-methyl/N-ethyl adjacent to an activating group) is 1. The highest BCUT2D eigenvalue weighted by molar-refractivity contribution is 7.89. The number of sulfonamides is 1. The number of hydrogen-bond donors (Lipinski definition) is 1. The fourth-order valence-corrected chi connectivity index (χ4v) is 3.92. The molecule has 1 aliphatic rings. The number of hydrogen-bond acceptors (Lipinski definition) is 5. The van der Waals surface area contributed by atoms with E-state index in [1.54, 1.807) is 6.07 Å². The zero-order chi connectivity index (χ0) is 14.9. The standard InChI is InChI=1S/C13H21N3O3S/c1-10-9-16(7-6-15(10)2)20(17,18)13-5-4-11(14)8-12(13)19-3/h4-5,8,10H,6-7,9,14H2,1-3H3. The Labute approximate surface area is 120 Å². The van der Waals surface area contributed by atoms with Crippen molar-refractivity contribution in [1.82, 2.24) is 9.21 Å². The molecular formula is C13H21N3O3S. The second-order valence-electron chi connectivity index (χ2n) is 5.10. The maximum absolute atomic E-state index is 12.7. The SMILES string of the molecule is COc1cc(N)ccc1S(=O)(=O)N1CCN(C)C(C)C1. The number of anilines is 1. The molecule has 20 heavy (non-hydrogen) atoms. The zero-order valence-electron chi connectivity index (χ0n) is 12.0. The van der Waals surface area contributed by atoms with E-state index in [9.17, 15) is 8.42 Å². The van der Waals surface area contributed by atoms with Gasteiger partial charge in [0.2, 0.25) is 10.0 Å². The van der Waals surface area contributed by atoms with Gasteiger partial charge in [0.1, 0.15) is 10.6 Å². The highest BCUT2D eigenvalue weighted by Gasteiger charge is 2.32. The Bertz CT molecular complexity index is 589. The van der Waals surface area contributed by atoms with Crippen LogP contribution in [0.3, 0.4) is 0 Å². The molecule has 1 unspecified atom stereocenters. The predicted octanol–water partition coefficient (Wildman–Crippen LogP) is 0.602. The Kier molecular flexibility index (Phi) is 4.22. The van der Waals surface area contributed by atoms with Crippen LogP contribution in [0.4, 0.5) is 5.69 Å². The van der Waals surface area contributed by atoms with Gasteiger partial charge in [-0.1, -0.05) is 0 Å². The molecule has 0 radical (unpaired) electrons. The van der Waals surface area contributed by atoms with Gasteiger partial charge < -0.3 is 15.4 Å². The molecule has 0 aliphatic carbocycles. The lowest BCUT2D eigenvalue weighted by atomic mass is 10.2. The first-order valence-corrected chi connectivity index (χ1v) is 7.94. The Hall–Kier alpha value is -1.31. The molecule has 112 valence electrons. The summed E-state index contributed by atoms with van der Waals surface area (Å²) in [5.41, 5.74) is 6.15. The summed E-state index contributed by atoms with van der Waals surface area (Å²) in [6.07, 6.45) is 0. The van der Waals surface area contributed by atoms with Crippen LogP contribution in [0.25, 0.3) is 0 Å². The summed E-state index contributed by atoms with van der Waals surface area (Å²) in [6.45, 7) is 3.70. The summed E-state index contributed by atoms with van der Waals surface area (Å²) in [5.74, 6) is 0.289. The minimum Gasteiger partial charge on any atom is -0.495 e. The van der Waals surface area contributed by atoms with Crippen LogP contribution in [0.2, 0.25) is 0 Å². The topological polar surface area (TPSA) is 75.9 Å². The molecule has 2 rings (SSSR count). The van der Waals surface area contributed by atoms with Gasteiger partial charge in [0.25, 0.3) is 0 Å². The highest BCUT2D eigenvalue weighted by Crippen LogP contribution is 2.29. The van der Waals surface area contributed by atoms with Gasteiger partial charge in [0.15, 0.2) is 0 Å². The van der Waals surface area contributed by atoms with Crippen molar-refractivity contribution in [2.24, 2.45) is 0 Å². The average Bonchev–Trinajstić information content (AvgIpc) is 2.41. The molecule has 0 saturated carbocycles. The normalized spacial score (nSPS) is 21.9. The van der Waals surface area contributed by atoms with Gasteiger partial charge in [-0.3, -0.25) is 0 Å². The van der Waals surface area contributed by atoms with Crippen LogP contribution in [0.1, 0.15) is 6.92 Å². The van der Waals surface area contributed by atoms with Gasteiger partial charge in [-0.2, -0.15) is 4.31 Å². The molecule has 1 heterocycles. The van der Waals surface area contributed by atoms with Crippen molar-refractivity contribution in [1.29, 1.82) is 0 Å². The van der Waals surface area contributed by atoms with E-state index in [0.717, 1.165) is 6.54 Å². The van der Waals surface area contributed by atoms with E-state index < -0.39 is 10.0 Å². The van der Waals surface area contributed by atoms with Crippen molar-refractivity contribution >= 4 is 15.7 Å². The third kappa shape index (κ3) is 2.74. The first-order valence-electron chi connectivity index (χ1n) is 6.50. The number of ether oxygens (including phenoxy) is 1. The first kappa shape index (κ1) is 15.1. The summed E-state index contributed by atoms with van der Waals surface area (Å²) >= 11 is 0. The molecule has 2 N–H and O–H groups in total. The highest BCUT2D eigenvalue weighted by atomic mass is 32.2. The summed E-state index contributed by atoms with van der Waals surface area (Å²) in [7, 11) is -0.109. The number of piperazine rings is 1. The number of nitrogens with zero attached hydrogens (tertiary/aromatic N) is 2. The predicted molar refractivity (Wildman–Crippen MR) is 78.3 cm³/mol. The molecule has 0 amide bonds. The van der Waals surface area contributed by atoms with Crippen LogP contribution in [0.15, 0.2) is 23.1 Å². The minimum atomic E-state index is -3.55. The van der Waals surface area contributed by atoms with E-state index >= 15 is 0 Å². The van der Waals surface area contributed by atoms with Crippen LogP contribution in [0, 0.1) is 0 Å². The fraction of sp³-hybridized carbons (Fsp3) is 0.538. The molecule has 7 heteroatoms. The molecular weight excluding hydrogens is 278 g/mol. The fourth-order valence-electron chi connectivity index (χ4n) is 2.27. The van der Waals surface area contributed by atoms with E-state index in [0.29, 0.717) is 18.8 Å². The van der Waals surface area contributed by atoms with E-state index in [4.69, 9.17) is 10.5 Å². The Balaban J connectivity index is 2.36. The number of benzene rings is 1. The Morgan fingerprint density at radius 2 is 2.05 bits per heavy atom. The monoisotopic (exact) mass is 299 g/mol. The zero-order valence-corrected chi connectivity index (χ0v) is 12.9. The summed E-state index contributed by atoms with van der Waals surface area (Å²) in [5, 5.41) is 0. The van der Waals surface area contributed by atoms with Crippen molar-refractivity contribution in [3.8, 4) is 5.75 Å². The second-order valence-corrected chi connectivity index (χ2v) is 7.01. The van der Waals surface area contributed by atoms with E-state index in [1.807, 2.05) is 14.0 Å². The molecule has 1 aliphatic heterocycles. The molecule has 0 bridgehead atoms. The van der Waals surface area contributed by atoms with Gasteiger partial charge in [0, 0.05) is 37.4 Å². The van der Waals surface area contributed by atoms with Crippen molar-refractivity contribution in [2.75, 3.05) is 39.5 Å². The van der Waals surface area contributed by atoms with Gasteiger partial charge in [-0.15, -0.1) is 0 Å². The van der Waals surface area contributed by atoms with Crippen molar-refractivity contribution in [3.05, 3.63) is 18.2 Å². The van der Waals surface area contributed by atoms with Crippen molar-refractivity contribution < 1.29 is 13.2 Å². The first-order chi connectivity index (χ1) is 9.36. The number of rotatable bonds is 3. The molecule has 1 fully saturated rings. The molecule has 0 aromatic heterocycles. The van der Waals surface area contributed by atoms with Gasteiger partial charge >= 0.3 is 0 Å². The molecule has 1 saturated heterocycles. The lowest BCUT2D eigenvalue weighted by Gasteiger charge is -2.36. The maximum atomic E-state index is 12.7. The molecule has 1 aromatic carbocycles. The van der Waals surface area contributed by atoms with E-state index in [2.05, 4.69) is 4.90 Å². The molecule has 1 aromatic rings. The van der Waals surface area contributed by atoms with E-state index in [-0.39, 0.29) is 16.7 Å². The van der Waals surface area contributed by atoms with Gasteiger partial charge in [-0.25, -0.2) is 8.42 Å². The summed E-state index contributed by atoms with van der Waals surface area (Å²) in [4.78, 5) is 2.32. The number of nitrogens with two attached hydrogens (primary N) is 1. The van der Waals surface area contributed by atoms with Crippen LogP contribution < -0.4 is 10.5 Å². The average molecular weight is 299 g/mol. The third-order valence-electron chi connectivity index (χ3n) is 3.73. The minimum absolute atomic E-state index is 0.172. The van der Waals surface area contributed by atoms with Gasteiger partial charge in [0.05, 0.1) is 7.11 Å². The second kappa shape index (κ2) is 5.59. The lowest BCUT2D eigenvalue weighted by Crippen LogP contribution is -2.51. The van der Waals surface area contributed by atoms with Crippen LogP contribution in [-0.4, -0.2) is 57.5 Å². The quantitative estimate of drug-likeness (QED) is 0.827. The maximum Gasteiger partial charge on any atom is 0.246 e. The van der Waals surface area contributed by atoms with Crippen molar-refractivity contribution in [3.63, 3.8) is 0 Å². The number of methoxy groups -OCH3 is 1. The summed E-state index contributed by atoms with van der Waals surface area (Å²) in [6, 6.07) is 4.81. The van der Waals surface area contributed by atoms with Crippen LogP contribution >= 0.6 is 0 Å². The molecule has 6 nitrogen and oxygen atoms in total. The lowest BCUT2D eigenvalue weighted by molar-refractivity contribution is 0.159. The largest absolute Gasteiger partial charge is 0.495 e. The van der Waals surface area contributed by atoms with Crippen LogP contribution in [-0.2, 0) is 10.0 Å². The summed E-state index contributed by atoms with van der Waals surface area (Å²) < 4.78 is 32.1. The van der Waals surface area contributed by atoms with E-state index in [1.165, 1.54) is 23.5 Å². The number of nitrogen functional groups attached to an aromatic ring is 1.